The third-order valence-electron chi connectivity index (χ3n) is 5.68. The van der Waals surface area contributed by atoms with Gasteiger partial charge in [0.2, 0.25) is 21.8 Å². The Kier molecular flexibility index (Phi) is 7.11. The molecule has 1 aliphatic heterocycles. The first-order valence-corrected chi connectivity index (χ1v) is 12.7. The molecule has 1 saturated heterocycles. The zero-order chi connectivity index (χ0) is 24.6. The van der Waals surface area contributed by atoms with Gasteiger partial charge in [0.15, 0.2) is 0 Å². The molecule has 0 spiro atoms. The molecule has 1 N–H and O–H groups in total. The number of hydrogen-bond acceptors (Lipinski definition) is 5. The normalized spacial score (nSPS) is 17.0. The quantitative estimate of drug-likeness (QED) is 0.541. The number of sulfonamides is 1. The van der Waals surface area contributed by atoms with E-state index < -0.39 is 33.4 Å². The summed E-state index contributed by atoms with van der Waals surface area (Å²) >= 11 is 3.33. The summed E-state index contributed by atoms with van der Waals surface area (Å²) < 4.78 is 29.4. The van der Waals surface area contributed by atoms with Gasteiger partial charge >= 0.3 is 0 Å². The Balaban J connectivity index is 2.03. The molecule has 1 heterocycles. The van der Waals surface area contributed by atoms with Crippen molar-refractivity contribution in [3.63, 3.8) is 0 Å². The van der Waals surface area contributed by atoms with E-state index in [1.807, 2.05) is 6.92 Å². The zero-order valence-corrected chi connectivity index (χ0v) is 21.2. The third-order valence-corrected chi connectivity index (χ3v) is 8.35. The molecule has 1 fully saturated rings. The van der Waals surface area contributed by atoms with Gasteiger partial charge in [-0.3, -0.25) is 14.4 Å². The van der Waals surface area contributed by atoms with Crippen LogP contribution < -0.4 is 10.2 Å². The molecule has 1 aliphatic rings. The summed E-state index contributed by atoms with van der Waals surface area (Å²) in [6.45, 7) is 6.65. The molecular weight excluding hydrogens is 510 g/mol. The van der Waals surface area contributed by atoms with E-state index >= 15 is 0 Å². The first kappa shape index (κ1) is 25.1. The number of amides is 3. The van der Waals surface area contributed by atoms with Crippen molar-refractivity contribution in [2.75, 3.05) is 10.2 Å². The van der Waals surface area contributed by atoms with Gasteiger partial charge in [-0.15, -0.1) is 0 Å². The SMILES string of the molecule is CCC(C)(C)N(C1CC(=O)N(c2ccc(Br)cc2)C1=O)S(=O)(=O)c1ccc(NC(C)=O)cc1. The minimum atomic E-state index is -4.15. The predicted molar refractivity (Wildman–Crippen MR) is 129 cm³/mol. The first-order chi connectivity index (χ1) is 15.4. The predicted octanol–water partition coefficient (Wildman–Crippen LogP) is 3.92. The van der Waals surface area contributed by atoms with Gasteiger partial charge in [0, 0.05) is 22.6 Å². The van der Waals surface area contributed by atoms with Crippen LogP contribution in [0.3, 0.4) is 0 Å². The number of imide groups is 1. The fourth-order valence-corrected chi connectivity index (χ4v) is 6.01. The van der Waals surface area contributed by atoms with Gasteiger partial charge in [-0.2, -0.15) is 4.31 Å². The van der Waals surface area contributed by atoms with Crippen LogP contribution >= 0.6 is 15.9 Å². The number of benzene rings is 2. The van der Waals surface area contributed by atoms with E-state index in [0.717, 1.165) is 13.7 Å². The Morgan fingerprint density at radius 2 is 1.70 bits per heavy atom. The van der Waals surface area contributed by atoms with E-state index in [1.54, 1.807) is 38.1 Å². The van der Waals surface area contributed by atoms with Crippen molar-refractivity contribution in [3.8, 4) is 0 Å². The molecule has 8 nitrogen and oxygen atoms in total. The number of carbonyl (C=O) groups excluding carboxylic acids is 3. The molecule has 0 aliphatic carbocycles. The zero-order valence-electron chi connectivity index (χ0n) is 18.8. The molecule has 2 aromatic rings. The van der Waals surface area contributed by atoms with Crippen molar-refractivity contribution in [1.82, 2.24) is 4.31 Å². The molecule has 2 aromatic carbocycles. The monoisotopic (exact) mass is 535 g/mol. The lowest BCUT2D eigenvalue weighted by Gasteiger charge is -2.39. The number of carbonyl (C=O) groups is 3. The minimum Gasteiger partial charge on any atom is -0.326 e. The number of halogens is 1. The summed E-state index contributed by atoms with van der Waals surface area (Å²) in [4.78, 5) is 38.5. The Morgan fingerprint density at radius 3 is 2.21 bits per heavy atom. The summed E-state index contributed by atoms with van der Waals surface area (Å²) in [5.41, 5.74) is -0.0934. The maximum Gasteiger partial charge on any atom is 0.252 e. The lowest BCUT2D eigenvalue weighted by molar-refractivity contribution is -0.123. The van der Waals surface area contributed by atoms with Crippen LogP contribution in [-0.4, -0.2) is 42.0 Å². The van der Waals surface area contributed by atoms with Crippen LogP contribution in [0.2, 0.25) is 0 Å². The van der Waals surface area contributed by atoms with Gasteiger partial charge in [-0.25, -0.2) is 13.3 Å². The minimum absolute atomic E-state index is 0.0273. The van der Waals surface area contributed by atoms with Crippen LogP contribution in [-0.2, 0) is 24.4 Å². The maximum atomic E-state index is 13.7. The topological polar surface area (TPSA) is 104 Å². The number of hydrogen-bond donors (Lipinski definition) is 1. The average molecular weight is 536 g/mol. The van der Waals surface area contributed by atoms with E-state index in [4.69, 9.17) is 0 Å². The molecule has 33 heavy (non-hydrogen) atoms. The Hall–Kier alpha value is -2.56. The van der Waals surface area contributed by atoms with Crippen LogP contribution in [0, 0.1) is 0 Å². The second-order valence-electron chi connectivity index (χ2n) is 8.44. The van der Waals surface area contributed by atoms with Crippen molar-refractivity contribution >= 4 is 55.0 Å². The molecule has 0 saturated carbocycles. The largest absolute Gasteiger partial charge is 0.326 e. The molecule has 3 rings (SSSR count). The second-order valence-corrected chi connectivity index (χ2v) is 11.2. The first-order valence-electron chi connectivity index (χ1n) is 10.4. The Labute approximate surface area is 202 Å². The van der Waals surface area contributed by atoms with E-state index in [0.29, 0.717) is 17.8 Å². The molecule has 1 atom stereocenters. The van der Waals surface area contributed by atoms with Gasteiger partial charge in [-0.1, -0.05) is 22.9 Å². The molecule has 0 radical (unpaired) electrons. The highest BCUT2D eigenvalue weighted by atomic mass is 79.9. The highest BCUT2D eigenvalue weighted by Crippen LogP contribution is 2.36. The van der Waals surface area contributed by atoms with Crippen molar-refractivity contribution in [1.29, 1.82) is 0 Å². The van der Waals surface area contributed by atoms with E-state index in [2.05, 4.69) is 21.2 Å². The summed E-state index contributed by atoms with van der Waals surface area (Å²) in [6, 6.07) is 11.3. The highest BCUT2D eigenvalue weighted by molar-refractivity contribution is 9.10. The number of anilines is 2. The molecule has 10 heteroatoms. The Bertz CT molecular complexity index is 1180. The van der Waals surface area contributed by atoms with Crippen molar-refractivity contribution in [3.05, 3.63) is 53.0 Å². The van der Waals surface area contributed by atoms with Crippen LogP contribution in [0.15, 0.2) is 57.9 Å². The fraction of sp³-hybridized carbons (Fsp3) is 0.348. The van der Waals surface area contributed by atoms with Crippen LogP contribution in [0.5, 0.6) is 0 Å². The number of nitrogens with zero attached hydrogens (tertiary/aromatic N) is 2. The summed E-state index contributed by atoms with van der Waals surface area (Å²) in [5, 5.41) is 2.59. The smallest absolute Gasteiger partial charge is 0.252 e. The van der Waals surface area contributed by atoms with Crippen molar-refractivity contribution in [2.24, 2.45) is 0 Å². The average Bonchev–Trinajstić information content (AvgIpc) is 3.02. The van der Waals surface area contributed by atoms with Gasteiger partial charge < -0.3 is 5.32 Å². The molecular formula is C23H26BrN3O5S. The number of rotatable bonds is 7. The highest BCUT2D eigenvalue weighted by Gasteiger charge is 2.51. The fourth-order valence-electron chi connectivity index (χ4n) is 3.76. The standard InChI is InChI=1S/C23H26BrN3O5S/c1-5-23(3,4)27(33(31,32)19-12-8-17(9-13-19)25-15(2)28)20-14-21(29)26(22(20)30)18-10-6-16(24)7-11-18/h6-13,20H,5,14H2,1-4H3,(H,25,28). The van der Waals surface area contributed by atoms with E-state index in [1.165, 1.54) is 31.2 Å². The molecule has 176 valence electrons. The third kappa shape index (κ3) is 5.02. The van der Waals surface area contributed by atoms with Crippen molar-refractivity contribution in [2.45, 2.75) is 57.0 Å². The molecule has 1 unspecified atom stereocenters. The number of nitrogens with one attached hydrogen (secondary N) is 1. The van der Waals surface area contributed by atoms with Gasteiger partial charge in [0.05, 0.1) is 17.0 Å². The van der Waals surface area contributed by atoms with Gasteiger partial charge in [-0.05, 0) is 68.8 Å². The molecule has 0 aromatic heterocycles. The summed E-state index contributed by atoms with van der Waals surface area (Å²) in [5.74, 6) is -1.31. The Morgan fingerprint density at radius 1 is 1.12 bits per heavy atom. The van der Waals surface area contributed by atoms with Crippen molar-refractivity contribution < 1.29 is 22.8 Å². The second kappa shape index (κ2) is 9.36. The summed E-state index contributed by atoms with van der Waals surface area (Å²) in [7, 11) is -4.15. The van der Waals surface area contributed by atoms with Crippen LogP contribution in [0.1, 0.15) is 40.5 Å². The van der Waals surface area contributed by atoms with Gasteiger partial charge in [0.1, 0.15) is 6.04 Å². The van der Waals surface area contributed by atoms with E-state index in [9.17, 15) is 22.8 Å². The van der Waals surface area contributed by atoms with E-state index in [-0.39, 0.29) is 17.2 Å². The summed E-state index contributed by atoms with van der Waals surface area (Å²) in [6.07, 6.45) is 0.175. The maximum absolute atomic E-state index is 13.7. The molecule has 3 amide bonds. The van der Waals surface area contributed by atoms with Crippen LogP contribution in [0.4, 0.5) is 11.4 Å². The van der Waals surface area contributed by atoms with Gasteiger partial charge in [0.25, 0.3) is 5.91 Å². The molecule has 0 bridgehead atoms. The lowest BCUT2D eigenvalue weighted by Crippen LogP contribution is -2.55. The van der Waals surface area contributed by atoms with Crippen LogP contribution in [0.25, 0.3) is 0 Å². The lowest BCUT2D eigenvalue weighted by atomic mass is 10.00.